The van der Waals surface area contributed by atoms with Crippen molar-refractivity contribution in [2.75, 3.05) is 13.1 Å². The van der Waals surface area contributed by atoms with Crippen LogP contribution in [0.1, 0.15) is 4.88 Å². The number of hydrogen-bond acceptors (Lipinski definition) is 3. The average molecular weight is 245 g/mol. The van der Waals surface area contributed by atoms with E-state index in [0.29, 0.717) is 6.54 Å². The zero-order valence-corrected chi connectivity index (χ0v) is 8.91. The second-order valence-electron chi connectivity index (χ2n) is 2.32. The topological polar surface area (TPSA) is 35.8 Å². The van der Waals surface area contributed by atoms with Crippen molar-refractivity contribution in [1.82, 2.24) is 5.32 Å². The third-order valence-corrected chi connectivity index (χ3v) is 3.13. The Labute approximate surface area is 84.3 Å². The number of thiophene rings is 1. The minimum atomic E-state index is 0.437. The Kier molecular flexibility index (Phi) is 4.30. The molecule has 1 rings (SSSR count). The maximum Gasteiger partial charge on any atom is 0.0841 e. The van der Waals surface area contributed by atoms with Gasteiger partial charge in [-0.25, -0.2) is 0 Å². The SMILES string of the molecule is N#CCNCCc1cc(Br)cs1. The number of hydrogen-bond donors (Lipinski definition) is 1. The molecule has 2 nitrogen and oxygen atoms in total. The predicted octanol–water partition coefficient (Wildman–Crippen LogP) is 2.17. The van der Waals surface area contributed by atoms with E-state index in [4.69, 9.17) is 5.26 Å². The van der Waals surface area contributed by atoms with E-state index in [0.717, 1.165) is 17.4 Å². The van der Waals surface area contributed by atoms with Crippen molar-refractivity contribution >= 4 is 27.3 Å². The Morgan fingerprint density at radius 2 is 2.50 bits per heavy atom. The van der Waals surface area contributed by atoms with Crippen molar-refractivity contribution in [3.05, 3.63) is 20.8 Å². The molecule has 0 spiro atoms. The van der Waals surface area contributed by atoms with Crippen LogP contribution in [0.25, 0.3) is 0 Å². The normalized spacial score (nSPS) is 9.67. The quantitative estimate of drug-likeness (QED) is 0.651. The number of nitrogens with one attached hydrogen (secondary N) is 1. The molecule has 0 aromatic carbocycles. The van der Waals surface area contributed by atoms with Crippen LogP contribution >= 0.6 is 27.3 Å². The molecule has 0 saturated carbocycles. The first kappa shape index (κ1) is 9.72. The number of nitriles is 1. The maximum absolute atomic E-state index is 8.25. The first-order valence-corrected chi connectivity index (χ1v) is 5.31. The Morgan fingerprint density at radius 3 is 3.08 bits per heavy atom. The number of rotatable bonds is 4. The first-order chi connectivity index (χ1) is 5.83. The molecule has 0 amide bonds. The highest BCUT2D eigenvalue weighted by Gasteiger charge is 1.95. The third-order valence-electron chi connectivity index (χ3n) is 1.37. The predicted molar refractivity (Wildman–Crippen MR) is 54.2 cm³/mol. The van der Waals surface area contributed by atoms with Gasteiger partial charge in [-0.2, -0.15) is 5.26 Å². The molecule has 0 bridgehead atoms. The maximum atomic E-state index is 8.25. The molecular weight excluding hydrogens is 236 g/mol. The lowest BCUT2D eigenvalue weighted by Crippen LogP contribution is -2.16. The summed E-state index contributed by atoms with van der Waals surface area (Å²) in [4.78, 5) is 1.34. The van der Waals surface area contributed by atoms with Gasteiger partial charge in [-0.05, 0) is 28.4 Å². The zero-order chi connectivity index (χ0) is 8.81. The van der Waals surface area contributed by atoms with E-state index in [1.54, 1.807) is 11.3 Å². The Hall–Kier alpha value is -0.370. The van der Waals surface area contributed by atoms with Crippen molar-refractivity contribution < 1.29 is 0 Å². The first-order valence-electron chi connectivity index (χ1n) is 3.63. The lowest BCUT2D eigenvalue weighted by molar-refractivity contribution is 0.755. The number of nitrogens with zero attached hydrogens (tertiary/aromatic N) is 1. The van der Waals surface area contributed by atoms with Gasteiger partial charge in [0.15, 0.2) is 0 Å². The molecule has 1 aromatic heterocycles. The van der Waals surface area contributed by atoms with Crippen LogP contribution in [0.15, 0.2) is 15.9 Å². The minimum Gasteiger partial charge on any atom is -0.304 e. The summed E-state index contributed by atoms with van der Waals surface area (Å²) in [5, 5.41) is 13.3. The molecule has 12 heavy (non-hydrogen) atoms. The van der Waals surface area contributed by atoms with Crippen LogP contribution in [0.3, 0.4) is 0 Å². The second-order valence-corrected chi connectivity index (χ2v) is 4.23. The van der Waals surface area contributed by atoms with Gasteiger partial charge in [0.2, 0.25) is 0 Å². The van der Waals surface area contributed by atoms with Gasteiger partial charge < -0.3 is 5.32 Å². The van der Waals surface area contributed by atoms with E-state index < -0.39 is 0 Å². The minimum absolute atomic E-state index is 0.437. The molecule has 1 aromatic rings. The number of halogens is 1. The Morgan fingerprint density at radius 1 is 1.67 bits per heavy atom. The summed E-state index contributed by atoms with van der Waals surface area (Å²) in [6.45, 7) is 1.31. The van der Waals surface area contributed by atoms with Crippen LogP contribution in [0.2, 0.25) is 0 Å². The molecule has 1 heterocycles. The fourth-order valence-corrected chi connectivity index (χ4v) is 2.30. The van der Waals surface area contributed by atoms with E-state index in [2.05, 4.69) is 32.7 Å². The highest BCUT2D eigenvalue weighted by molar-refractivity contribution is 9.10. The molecule has 0 aliphatic heterocycles. The molecule has 0 aliphatic rings. The monoisotopic (exact) mass is 244 g/mol. The van der Waals surface area contributed by atoms with Gasteiger partial charge in [0, 0.05) is 21.3 Å². The molecule has 0 aliphatic carbocycles. The Bertz CT molecular complexity index is 277. The third kappa shape index (κ3) is 3.35. The van der Waals surface area contributed by atoms with Gasteiger partial charge in [0.25, 0.3) is 0 Å². The van der Waals surface area contributed by atoms with Crippen molar-refractivity contribution in [1.29, 1.82) is 5.26 Å². The molecule has 64 valence electrons. The summed E-state index contributed by atoms with van der Waals surface area (Å²) in [6, 6.07) is 4.15. The van der Waals surface area contributed by atoms with Crippen molar-refractivity contribution in [3.63, 3.8) is 0 Å². The van der Waals surface area contributed by atoms with Gasteiger partial charge in [-0.3, -0.25) is 0 Å². The summed E-state index contributed by atoms with van der Waals surface area (Å²) in [6.07, 6.45) is 0.998. The fourth-order valence-electron chi connectivity index (χ4n) is 0.841. The van der Waals surface area contributed by atoms with Crippen LogP contribution < -0.4 is 5.32 Å². The van der Waals surface area contributed by atoms with Gasteiger partial charge in [-0.15, -0.1) is 11.3 Å². The van der Waals surface area contributed by atoms with Crippen LogP contribution in [-0.2, 0) is 6.42 Å². The van der Waals surface area contributed by atoms with E-state index >= 15 is 0 Å². The van der Waals surface area contributed by atoms with Gasteiger partial charge in [0.1, 0.15) is 0 Å². The molecular formula is C8H9BrN2S. The van der Waals surface area contributed by atoms with E-state index in [-0.39, 0.29) is 0 Å². The van der Waals surface area contributed by atoms with Crippen molar-refractivity contribution in [2.45, 2.75) is 6.42 Å². The van der Waals surface area contributed by atoms with Gasteiger partial charge >= 0.3 is 0 Å². The van der Waals surface area contributed by atoms with Gasteiger partial charge in [0.05, 0.1) is 12.6 Å². The summed E-state index contributed by atoms with van der Waals surface area (Å²) in [7, 11) is 0. The molecule has 4 heteroatoms. The standard InChI is InChI=1S/C8H9BrN2S/c9-7-5-8(12-6-7)1-3-11-4-2-10/h5-6,11H,1,3-4H2. The van der Waals surface area contributed by atoms with E-state index in [1.165, 1.54) is 4.88 Å². The highest BCUT2D eigenvalue weighted by atomic mass is 79.9. The summed E-state index contributed by atoms with van der Waals surface area (Å²) in [5.74, 6) is 0. The fraction of sp³-hybridized carbons (Fsp3) is 0.375. The van der Waals surface area contributed by atoms with Crippen LogP contribution in [-0.4, -0.2) is 13.1 Å². The molecule has 0 unspecified atom stereocenters. The second kappa shape index (κ2) is 5.31. The average Bonchev–Trinajstić information content (AvgIpc) is 2.45. The lowest BCUT2D eigenvalue weighted by Gasteiger charge is -1.96. The smallest absolute Gasteiger partial charge is 0.0841 e. The van der Waals surface area contributed by atoms with Crippen LogP contribution in [0.5, 0.6) is 0 Å². The van der Waals surface area contributed by atoms with Crippen molar-refractivity contribution in [2.24, 2.45) is 0 Å². The Balaban J connectivity index is 2.21. The van der Waals surface area contributed by atoms with Crippen LogP contribution in [0, 0.1) is 11.3 Å². The lowest BCUT2D eigenvalue weighted by atomic mass is 10.3. The molecule has 0 fully saturated rings. The summed E-state index contributed by atoms with van der Waals surface area (Å²) in [5.41, 5.74) is 0. The van der Waals surface area contributed by atoms with Crippen LogP contribution in [0.4, 0.5) is 0 Å². The largest absolute Gasteiger partial charge is 0.304 e. The van der Waals surface area contributed by atoms with Gasteiger partial charge in [-0.1, -0.05) is 0 Å². The molecule has 1 N–H and O–H groups in total. The molecule has 0 saturated heterocycles. The van der Waals surface area contributed by atoms with E-state index in [1.807, 2.05) is 6.07 Å². The summed E-state index contributed by atoms with van der Waals surface area (Å²) >= 11 is 5.13. The highest BCUT2D eigenvalue weighted by Crippen LogP contribution is 2.19. The van der Waals surface area contributed by atoms with Crippen molar-refractivity contribution in [3.8, 4) is 6.07 Å². The zero-order valence-electron chi connectivity index (χ0n) is 6.51. The summed E-state index contributed by atoms with van der Waals surface area (Å²) < 4.78 is 1.14. The van der Waals surface area contributed by atoms with E-state index in [9.17, 15) is 0 Å². The molecule has 0 radical (unpaired) electrons. The molecule has 0 atom stereocenters.